The number of nitrogens with zero attached hydrogens (tertiary/aromatic N) is 2. The van der Waals surface area contributed by atoms with Crippen LogP contribution in [0.5, 0.6) is 5.75 Å². The lowest BCUT2D eigenvalue weighted by molar-refractivity contribution is 0.0531. The van der Waals surface area contributed by atoms with Crippen molar-refractivity contribution in [2.24, 2.45) is 4.99 Å². The Morgan fingerprint density at radius 2 is 2.07 bits per heavy atom. The van der Waals surface area contributed by atoms with Crippen LogP contribution >= 0.6 is 11.3 Å². The predicted octanol–water partition coefficient (Wildman–Crippen LogP) is 3.84. The van der Waals surface area contributed by atoms with E-state index < -0.39 is 0 Å². The van der Waals surface area contributed by atoms with E-state index in [-0.39, 0.29) is 12.0 Å². The second kappa shape index (κ2) is 11.4. The van der Waals surface area contributed by atoms with Gasteiger partial charge in [-0.1, -0.05) is 12.1 Å². The van der Waals surface area contributed by atoms with Gasteiger partial charge in [-0.15, -0.1) is 11.3 Å². The summed E-state index contributed by atoms with van der Waals surface area (Å²) in [6.07, 6.45) is 0. The molecule has 7 nitrogen and oxygen atoms in total. The molecule has 1 unspecified atom stereocenters. The lowest BCUT2D eigenvalue weighted by Gasteiger charge is -2.16. The highest BCUT2D eigenvalue weighted by Gasteiger charge is 2.20. The molecule has 2 aromatic rings. The first-order chi connectivity index (χ1) is 14.0. The van der Waals surface area contributed by atoms with E-state index in [9.17, 15) is 4.79 Å². The fourth-order valence-corrected chi connectivity index (χ4v) is 3.61. The molecule has 0 aliphatic heterocycles. The van der Waals surface area contributed by atoms with Crippen molar-refractivity contribution in [3.05, 3.63) is 45.4 Å². The molecule has 1 aromatic heterocycles. The van der Waals surface area contributed by atoms with Crippen molar-refractivity contribution in [2.45, 2.75) is 47.2 Å². The number of carbonyl (C=O) groups is 1. The molecule has 0 radical (unpaired) electrons. The SMILES string of the molecule is CCNC(=NCc1cccc(OCC)c1)NC(C)c1nc(C)c(C(=O)OCC)s1. The summed E-state index contributed by atoms with van der Waals surface area (Å²) < 4.78 is 10.6. The van der Waals surface area contributed by atoms with E-state index in [1.54, 1.807) is 6.92 Å². The van der Waals surface area contributed by atoms with Gasteiger partial charge >= 0.3 is 5.97 Å². The average Bonchev–Trinajstić information content (AvgIpc) is 3.09. The summed E-state index contributed by atoms with van der Waals surface area (Å²) in [5.74, 6) is 1.21. The number of aryl methyl sites for hydroxylation is 1. The highest BCUT2D eigenvalue weighted by molar-refractivity contribution is 7.13. The van der Waals surface area contributed by atoms with Gasteiger partial charge in [0.05, 0.1) is 31.5 Å². The van der Waals surface area contributed by atoms with Gasteiger partial charge in [0.2, 0.25) is 0 Å². The third kappa shape index (κ3) is 6.74. The maximum Gasteiger partial charge on any atom is 0.350 e. The second-order valence-corrected chi connectivity index (χ2v) is 7.36. The molecular formula is C21H30N4O3S. The average molecular weight is 419 g/mol. The first-order valence-electron chi connectivity index (χ1n) is 9.89. The fraction of sp³-hybridized carbons (Fsp3) is 0.476. The maximum atomic E-state index is 12.0. The number of ether oxygens (including phenoxy) is 2. The molecule has 0 spiro atoms. The van der Waals surface area contributed by atoms with Crippen LogP contribution in [0.4, 0.5) is 0 Å². The summed E-state index contributed by atoms with van der Waals surface area (Å²) in [6, 6.07) is 7.82. The summed E-state index contributed by atoms with van der Waals surface area (Å²) >= 11 is 1.35. The lowest BCUT2D eigenvalue weighted by Crippen LogP contribution is -2.38. The number of hydrogen-bond donors (Lipinski definition) is 2. The van der Waals surface area contributed by atoms with E-state index in [1.807, 2.05) is 52.0 Å². The van der Waals surface area contributed by atoms with E-state index in [4.69, 9.17) is 9.47 Å². The molecule has 1 atom stereocenters. The van der Waals surface area contributed by atoms with Crippen LogP contribution in [-0.2, 0) is 11.3 Å². The Morgan fingerprint density at radius 3 is 2.76 bits per heavy atom. The summed E-state index contributed by atoms with van der Waals surface area (Å²) in [4.78, 5) is 21.8. The number of nitrogens with one attached hydrogen (secondary N) is 2. The normalized spacial score (nSPS) is 12.4. The van der Waals surface area contributed by atoms with Gasteiger partial charge in [0.1, 0.15) is 15.6 Å². The molecule has 0 aliphatic rings. The van der Waals surface area contributed by atoms with Gasteiger partial charge < -0.3 is 20.1 Å². The van der Waals surface area contributed by atoms with E-state index in [2.05, 4.69) is 20.6 Å². The van der Waals surface area contributed by atoms with E-state index in [0.29, 0.717) is 36.3 Å². The second-order valence-electron chi connectivity index (χ2n) is 6.33. The molecule has 0 bridgehead atoms. The molecule has 1 heterocycles. The van der Waals surface area contributed by atoms with Crippen molar-refractivity contribution in [2.75, 3.05) is 19.8 Å². The van der Waals surface area contributed by atoms with Crippen LogP contribution in [0.3, 0.4) is 0 Å². The molecule has 158 valence electrons. The minimum atomic E-state index is -0.323. The molecular weight excluding hydrogens is 388 g/mol. The number of hydrogen-bond acceptors (Lipinski definition) is 6. The van der Waals surface area contributed by atoms with Crippen molar-refractivity contribution < 1.29 is 14.3 Å². The van der Waals surface area contributed by atoms with Gasteiger partial charge in [-0.05, 0) is 52.3 Å². The van der Waals surface area contributed by atoms with Gasteiger partial charge in [0, 0.05) is 6.54 Å². The molecule has 0 aliphatic carbocycles. The fourth-order valence-electron chi connectivity index (χ4n) is 2.65. The molecule has 0 saturated carbocycles. The maximum absolute atomic E-state index is 12.0. The van der Waals surface area contributed by atoms with Crippen molar-refractivity contribution in [3.8, 4) is 5.75 Å². The number of carbonyl (C=O) groups excluding carboxylic acids is 1. The van der Waals surface area contributed by atoms with Gasteiger partial charge in [-0.3, -0.25) is 0 Å². The number of aliphatic imine (C=N–C) groups is 1. The number of thiazole rings is 1. The smallest absolute Gasteiger partial charge is 0.350 e. The van der Waals surface area contributed by atoms with Crippen LogP contribution in [0.15, 0.2) is 29.3 Å². The zero-order chi connectivity index (χ0) is 21.2. The van der Waals surface area contributed by atoms with E-state index in [0.717, 1.165) is 22.9 Å². The Labute approximate surface area is 176 Å². The minimum Gasteiger partial charge on any atom is -0.494 e. The van der Waals surface area contributed by atoms with E-state index in [1.165, 1.54) is 11.3 Å². The van der Waals surface area contributed by atoms with Crippen molar-refractivity contribution in [3.63, 3.8) is 0 Å². The standard InChI is InChI=1S/C21H30N4O3S/c1-6-22-21(23-13-16-10-9-11-17(12-16)27-7-2)25-15(5)19-24-14(4)18(29-19)20(26)28-8-3/h9-12,15H,6-8,13H2,1-5H3,(H2,22,23,25). The highest BCUT2D eigenvalue weighted by Crippen LogP contribution is 2.24. The Balaban J connectivity index is 2.09. The first kappa shape index (κ1) is 22.7. The zero-order valence-corrected chi connectivity index (χ0v) is 18.6. The summed E-state index contributed by atoms with van der Waals surface area (Å²) in [7, 11) is 0. The largest absolute Gasteiger partial charge is 0.494 e. The van der Waals surface area contributed by atoms with Crippen LogP contribution in [-0.4, -0.2) is 36.7 Å². The Hall–Kier alpha value is -2.61. The molecule has 2 rings (SSSR count). The van der Waals surface area contributed by atoms with Gasteiger partial charge in [-0.2, -0.15) is 0 Å². The molecule has 29 heavy (non-hydrogen) atoms. The summed E-state index contributed by atoms with van der Waals surface area (Å²) in [5, 5.41) is 7.42. The van der Waals surface area contributed by atoms with E-state index >= 15 is 0 Å². The first-order valence-corrected chi connectivity index (χ1v) is 10.7. The van der Waals surface area contributed by atoms with Crippen molar-refractivity contribution >= 4 is 23.3 Å². The van der Waals surface area contributed by atoms with Crippen molar-refractivity contribution in [1.29, 1.82) is 0 Å². The monoisotopic (exact) mass is 418 g/mol. The van der Waals surface area contributed by atoms with Crippen molar-refractivity contribution in [1.82, 2.24) is 15.6 Å². The van der Waals surface area contributed by atoms with Gasteiger partial charge in [-0.25, -0.2) is 14.8 Å². The predicted molar refractivity (Wildman–Crippen MR) is 117 cm³/mol. The third-order valence-electron chi connectivity index (χ3n) is 3.97. The third-order valence-corrected chi connectivity index (χ3v) is 5.29. The highest BCUT2D eigenvalue weighted by atomic mass is 32.1. The summed E-state index contributed by atoms with van der Waals surface area (Å²) in [5.41, 5.74) is 1.75. The topological polar surface area (TPSA) is 84.8 Å². The number of benzene rings is 1. The number of esters is 1. The molecule has 0 saturated heterocycles. The van der Waals surface area contributed by atoms with Crippen LogP contribution < -0.4 is 15.4 Å². The lowest BCUT2D eigenvalue weighted by atomic mass is 10.2. The Bertz CT molecular complexity index is 835. The van der Waals surface area contributed by atoms with Crippen LogP contribution in [0, 0.1) is 6.92 Å². The molecule has 8 heteroatoms. The van der Waals surface area contributed by atoms with Crippen LogP contribution in [0.25, 0.3) is 0 Å². The summed E-state index contributed by atoms with van der Waals surface area (Å²) in [6.45, 7) is 11.8. The van der Waals surface area contributed by atoms with Crippen LogP contribution in [0.2, 0.25) is 0 Å². The Kier molecular flexibility index (Phi) is 8.92. The molecule has 0 fully saturated rings. The number of aromatic nitrogens is 1. The quantitative estimate of drug-likeness (QED) is 0.366. The molecule has 1 aromatic carbocycles. The number of rotatable bonds is 9. The van der Waals surface area contributed by atoms with Crippen LogP contribution in [0.1, 0.15) is 59.7 Å². The number of guanidine groups is 1. The minimum absolute atomic E-state index is 0.102. The molecule has 0 amide bonds. The zero-order valence-electron chi connectivity index (χ0n) is 17.7. The van der Waals surface area contributed by atoms with Gasteiger partial charge in [0.25, 0.3) is 0 Å². The van der Waals surface area contributed by atoms with Gasteiger partial charge in [0.15, 0.2) is 5.96 Å². The Morgan fingerprint density at radius 1 is 1.28 bits per heavy atom. The molecule has 2 N–H and O–H groups in total.